The fraction of sp³-hybridized carbons (Fsp3) is 0.333. The van der Waals surface area contributed by atoms with Gasteiger partial charge in [0.25, 0.3) is 0 Å². The summed E-state index contributed by atoms with van der Waals surface area (Å²) in [4.78, 5) is 44.5. The lowest BCUT2D eigenvalue weighted by molar-refractivity contribution is 0.215. The number of urea groups is 2. The van der Waals surface area contributed by atoms with Crippen LogP contribution in [0.1, 0.15) is 0 Å². The number of anilines is 2. The van der Waals surface area contributed by atoms with Crippen molar-refractivity contribution in [2.75, 3.05) is 35.5 Å². The van der Waals surface area contributed by atoms with Gasteiger partial charge in [0, 0.05) is 23.1 Å². The zero-order chi connectivity index (χ0) is 17.9. The number of nitrogens with zero attached hydrogens (tertiary/aromatic N) is 4. The summed E-state index contributed by atoms with van der Waals surface area (Å²) >= 11 is 10.9. The second kappa shape index (κ2) is 10.3. The number of nitroso groups, excluding NO2 is 2. The maximum Gasteiger partial charge on any atom is 0.344 e. The smallest absolute Gasteiger partial charge is 0.306 e. The highest BCUT2D eigenvalue weighted by Gasteiger charge is 2.15. The molecule has 2 N–H and O–H groups in total. The van der Waals surface area contributed by atoms with Crippen LogP contribution in [0.2, 0.25) is 0 Å². The molecule has 24 heavy (non-hydrogen) atoms. The fourth-order valence-electron chi connectivity index (χ4n) is 1.53. The van der Waals surface area contributed by atoms with Crippen LogP contribution in [0.5, 0.6) is 0 Å². The third kappa shape index (κ3) is 5.97. The molecule has 0 saturated carbocycles. The summed E-state index contributed by atoms with van der Waals surface area (Å²) in [7, 11) is 0. The number of benzene rings is 1. The molecule has 0 radical (unpaired) electrons. The van der Waals surface area contributed by atoms with Crippen LogP contribution in [-0.2, 0) is 0 Å². The Hall–Kier alpha value is -2.46. The van der Waals surface area contributed by atoms with Crippen LogP contribution in [0.3, 0.4) is 0 Å². The standard InChI is InChI=1S/C12H14Cl2N6O4/c13-5-7-19(17-23)11(21)15-9-1-2-10(4-3-9)16-12(22)20(18-24)8-6-14/h1-4H,5-8H2,(H,15,21)(H,16,22). The highest BCUT2D eigenvalue weighted by Crippen LogP contribution is 2.15. The van der Waals surface area contributed by atoms with Gasteiger partial charge in [0.2, 0.25) is 0 Å². The summed E-state index contributed by atoms with van der Waals surface area (Å²) in [6.45, 7) is -0.0553. The number of rotatable bonds is 8. The number of hydrogen-bond donors (Lipinski definition) is 2. The number of amides is 4. The second-order valence-corrected chi connectivity index (χ2v) is 4.98. The zero-order valence-corrected chi connectivity index (χ0v) is 13.8. The number of nitrogens with one attached hydrogen (secondary N) is 2. The quantitative estimate of drug-likeness (QED) is 0.410. The average molecular weight is 377 g/mol. The SMILES string of the molecule is O=NN(CCCl)C(=O)Nc1ccc(NC(=O)N(CCCl)N=O)cc1. The lowest BCUT2D eigenvalue weighted by Crippen LogP contribution is -2.32. The Kier molecular flexibility index (Phi) is 8.44. The van der Waals surface area contributed by atoms with E-state index in [-0.39, 0.29) is 24.8 Å². The summed E-state index contributed by atoms with van der Waals surface area (Å²) in [5.41, 5.74) is 0.736. The average Bonchev–Trinajstić information content (AvgIpc) is 2.58. The molecule has 0 aliphatic carbocycles. The minimum absolute atomic E-state index is 0.0276. The molecule has 0 fully saturated rings. The predicted octanol–water partition coefficient (Wildman–Crippen LogP) is 3.19. The minimum Gasteiger partial charge on any atom is -0.306 e. The lowest BCUT2D eigenvalue weighted by atomic mass is 10.3. The molecule has 0 saturated heterocycles. The first-order valence-electron chi connectivity index (χ1n) is 6.61. The van der Waals surface area contributed by atoms with Crippen molar-refractivity contribution in [2.24, 2.45) is 10.6 Å². The molecule has 4 amide bonds. The van der Waals surface area contributed by atoms with Crippen molar-refractivity contribution in [1.82, 2.24) is 10.0 Å². The Morgan fingerprint density at radius 3 is 1.42 bits per heavy atom. The molecular formula is C12H14Cl2N6O4. The van der Waals surface area contributed by atoms with E-state index in [4.69, 9.17) is 23.2 Å². The van der Waals surface area contributed by atoms with Crippen LogP contribution in [0.4, 0.5) is 21.0 Å². The number of alkyl halides is 2. The first-order chi connectivity index (χ1) is 11.5. The van der Waals surface area contributed by atoms with Gasteiger partial charge in [-0.25, -0.2) is 9.59 Å². The molecule has 1 rings (SSSR count). The van der Waals surface area contributed by atoms with Crippen LogP contribution in [0.15, 0.2) is 34.8 Å². The van der Waals surface area contributed by atoms with Gasteiger partial charge >= 0.3 is 12.1 Å². The first-order valence-corrected chi connectivity index (χ1v) is 7.68. The normalized spacial score (nSPS) is 9.75. The van der Waals surface area contributed by atoms with Crippen LogP contribution in [0, 0.1) is 9.81 Å². The van der Waals surface area contributed by atoms with Crippen molar-refractivity contribution in [3.63, 3.8) is 0 Å². The third-order valence-corrected chi connectivity index (χ3v) is 2.98. The van der Waals surface area contributed by atoms with E-state index < -0.39 is 12.1 Å². The summed E-state index contributed by atoms with van der Waals surface area (Å²) in [6, 6.07) is 4.46. The Labute approximate surface area is 146 Å². The summed E-state index contributed by atoms with van der Waals surface area (Å²) < 4.78 is 0. The summed E-state index contributed by atoms with van der Waals surface area (Å²) in [6.07, 6.45) is 0. The first kappa shape index (κ1) is 19.6. The van der Waals surface area contributed by atoms with Gasteiger partial charge < -0.3 is 10.6 Å². The molecule has 0 aromatic heterocycles. The van der Waals surface area contributed by atoms with E-state index >= 15 is 0 Å². The van der Waals surface area contributed by atoms with Crippen molar-refractivity contribution < 1.29 is 9.59 Å². The maximum absolute atomic E-state index is 11.7. The predicted molar refractivity (Wildman–Crippen MR) is 90.9 cm³/mol. The van der Waals surface area contributed by atoms with Crippen LogP contribution in [-0.4, -0.2) is 46.9 Å². The fourth-order valence-corrected chi connectivity index (χ4v) is 1.85. The number of carbonyl (C=O) groups excluding carboxylic acids is 2. The maximum atomic E-state index is 11.7. The number of halogens is 2. The molecule has 10 nitrogen and oxygen atoms in total. The largest absolute Gasteiger partial charge is 0.344 e. The van der Waals surface area contributed by atoms with E-state index in [1.165, 1.54) is 24.3 Å². The number of hydrogen-bond acceptors (Lipinski definition) is 6. The van der Waals surface area contributed by atoms with E-state index in [2.05, 4.69) is 21.2 Å². The van der Waals surface area contributed by atoms with Gasteiger partial charge in [0.1, 0.15) is 0 Å². The molecule has 0 aliphatic heterocycles. The summed E-state index contributed by atoms with van der Waals surface area (Å²) in [5, 5.41) is 11.3. The zero-order valence-electron chi connectivity index (χ0n) is 12.3. The topological polar surface area (TPSA) is 124 Å². The third-order valence-electron chi connectivity index (χ3n) is 2.65. The van der Waals surface area contributed by atoms with Crippen molar-refractivity contribution in [3.05, 3.63) is 34.1 Å². The monoisotopic (exact) mass is 376 g/mol. The van der Waals surface area contributed by atoms with Crippen LogP contribution < -0.4 is 10.6 Å². The van der Waals surface area contributed by atoms with Crippen molar-refractivity contribution in [1.29, 1.82) is 0 Å². The minimum atomic E-state index is -0.735. The Balaban J connectivity index is 2.65. The highest BCUT2D eigenvalue weighted by atomic mass is 35.5. The van der Waals surface area contributed by atoms with Gasteiger partial charge in [-0.15, -0.1) is 33.0 Å². The molecule has 12 heteroatoms. The molecule has 0 atom stereocenters. The van der Waals surface area contributed by atoms with E-state index in [0.29, 0.717) is 21.4 Å². The molecule has 0 aliphatic rings. The molecular weight excluding hydrogens is 363 g/mol. The van der Waals surface area contributed by atoms with Crippen LogP contribution >= 0.6 is 23.2 Å². The molecule has 1 aromatic rings. The van der Waals surface area contributed by atoms with Crippen molar-refractivity contribution >= 4 is 46.6 Å². The molecule has 130 valence electrons. The molecule has 0 heterocycles. The molecule has 0 bridgehead atoms. The van der Waals surface area contributed by atoms with E-state index in [1.807, 2.05) is 0 Å². The van der Waals surface area contributed by atoms with Gasteiger partial charge in [-0.2, -0.15) is 10.0 Å². The van der Waals surface area contributed by atoms with Gasteiger partial charge in [0.05, 0.1) is 23.7 Å². The number of carbonyl (C=O) groups is 2. The Bertz CT molecular complexity index is 534. The van der Waals surface area contributed by atoms with E-state index in [1.54, 1.807) is 0 Å². The summed E-state index contributed by atoms with van der Waals surface area (Å²) in [5.74, 6) is 0.126. The molecule has 0 spiro atoms. The van der Waals surface area contributed by atoms with Gasteiger partial charge in [-0.05, 0) is 24.3 Å². The van der Waals surface area contributed by atoms with Crippen molar-refractivity contribution in [3.8, 4) is 0 Å². The van der Waals surface area contributed by atoms with E-state index in [9.17, 15) is 19.4 Å². The van der Waals surface area contributed by atoms with E-state index in [0.717, 1.165) is 0 Å². The van der Waals surface area contributed by atoms with Gasteiger partial charge in [-0.1, -0.05) is 0 Å². The lowest BCUT2D eigenvalue weighted by Gasteiger charge is -2.14. The molecule has 0 unspecified atom stereocenters. The second-order valence-electron chi connectivity index (χ2n) is 4.23. The Morgan fingerprint density at radius 1 is 0.833 bits per heavy atom. The van der Waals surface area contributed by atoms with Gasteiger partial charge in [-0.3, -0.25) is 0 Å². The van der Waals surface area contributed by atoms with Crippen LogP contribution in [0.25, 0.3) is 0 Å². The van der Waals surface area contributed by atoms with Gasteiger partial charge in [0.15, 0.2) is 0 Å². The highest BCUT2D eigenvalue weighted by molar-refractivity contribution is 6.18. The Morgan fingerprint density at radius 2 is 1.17 bits per heavy atom. The van der Waals surface area contributed by atoms with Crippen molar-refractivity contribution in [2.45, 2.75) is 0 Å². The molecule has 1 aromatic carbocycles.